The van der Waals surface area contributed by atoms with Crippen LogP contribution in [0.25, 0.3) is 0 Å². The summed E-state index contributed by atoms with van der Waals surface area (Å²) in [4.78, 5) is 9.34. The Morgan fingerprint density at radius 2 is 1.92 bits per heavy atom. The molecule has 4 heteroatoms. The summed E-state index contributed by atoms with van der Waals surface area (Å²) in [6.07, 6.45) is 4.42. The zero-order valence-electron chi connectivity index (χ0n) is 8.24. The fourth-order valence-corrected chi connectivity index (χ4v) is 1.86. The molecule has 0 bridgehead atoms. The second-order valence-corrected chi connectivity index (χ2v) is 3.79. The Labute approximate surface area is 79.5 Å². The largest absolute Gasteiger partial charge is 0.328 e. The molecule has 0 amide bonds. The molecule has 4 N–H and O–H groups in total. The Morgan fingerprint density at radius 3 is 2.46 bits per heavy atom. The Hall–Kier alpha value is -0.160. The van der Waals surface area contributed by atoms with E-state index in [1.54, 1.807) is 0 Å². The summed E-state index contributed by atoms with van der Waals surface area (Å²) in [5.74, 6) is 0.551. The first-order chi connectivity index (χ1) is 6.24. The van der Waals surface area contributed by atoms with E-state index in [0.717, 1.165) is 25.7 Å². The minimum atomic E-state index is 0.0902. The van der Waals surface area contributed by atoms with Gasteiger partial charge >= 0.3 is 0 Å². The third kappa shape index (κ3) is 3.60. The van der Waals surface area contributed by atoms with Crippen LogP contribution >= 0.6 is 0 Å². The summed E-state index contributed by atoms with van der Waals surface area (Å²) in [7, 11) is 1.50. The molecule has 1 rings (SSSR count). The summed E-state index contributed by atoms with van der Waals surface area (Å²) < 4.78 is 0. The Bertz CT molecular complexity index is 136. The van der Waals surface area contributed by atoms with E-state index in [2.05, 4.69) is 4.89 Å². The second-order valence-electron chi connectivity index (χ2n) is 3.79. The van der Waals surface area contributed by atoms with Crippen LogP contribution in [-0.2, 0) is 9.78 Å². The summed E-state index contributed by atoms with van der Waals surface area (Å²) in [6.45, 7) is 0.483. The fraction of sp³-hybridized carbons (Fsp3) is 1.00. The van der Waals surface area contributed by atoms with Gasteiger partial charge in [0.15, 0.2) is 0 Å². The van der Waals surface area contributed by atoms with Gasteiger partial charge in [-0.2, -0.15) is 0 Å². The van der Waals surface area contributed by atoms with Crippen molar-refractivity contribution in [2.75, 3.05) is 13.7 Å². The standard InChI is InChI=1S/C9H20N2O2/c1-12-13-6-9(11)7-2-4-8(10)5-3-7/h7-9H,2-6,10-11H2,1H3. The van der Waals surface area contributed by atoms with E-state index in [1.807, 2.05) is 0 Å². The third-order valence-corrected chi connectivity index (χ3v) is 2.80. The highest BCUT2D eigenvalue weighted by molar-refractivity contribution is 4.80. The van der Waals surface area contributed by atoms with Crippen LogP contribution in [0.1, 0.15) is 25.7 Å². The van der Waals surface area contributed by atoms with Gasteiger partial charge in [-0.15, -0.1) is 0 Å². The van der Waals surface area contributed by atoms with E-state index in [0.29, 0.717) is 18.6 Å². The molecule has 0 saturated heterocycles. The highest BCUT2D eigenvalue weighted by atomic mass is 17.2. The predicted molar refractivity (Wildman–Crippen MR) is 50.9 cm³/mol. The van der Waals surface area contributed by atoms with Crippen LogP contribution < -0.4 is 11.5 Å². The van der Waals surface area contributed by atoms with Crippen molar-refractivity contribution in [2.24, 2.45) is 17.4 Å². The fourth-order valence-electron chi connectivity index (χ4n) is 1.86. The maximum Gasteiger partial charge on any atom is 0.0975 e. The average Bonchev–Trinajstić information content (AvgIpc) is 2.15. The second kappa shape index (κ2) is 5.54. The van der Waals surface area contributed by atoms with E-state index in [1.165, 1.54) is 7.11 Å². The van der Waals surface area contributed by atoms with E-state index >= 15 is 0 Å². The van der Waals surface area contributed by atoms with Crippen LogP contribution in [0.4, 0.5) is 0 Å². The van der Waals surface area contributed by atoms with E-state index < -0.39 is 0 Å². The van der Waals surface area contributed by atoms with Crippen molar-refractivity contribution >= 4 is 0 Å². The zero-order valence-corrected chi connectivity index (χ0v) is 8.24. The molecule has 0 radical (unpaired) electrons. The van der Waals surface area contributed by atoms with Crippen molar-refractivity contribution in [2.45, 2.75) is 37.8 Å². The van der Waals surface area contributed by atoms with Gasteiger partial charge < -0.3 is 11.5 Å². The topological polar surface area (TPSA) is 70.5 Å². The highest BCUT2D eigenvalue weighted by Gasteiger charge is 2.23. The lowest BCUT2D eigenvalue weighted by atomic mass is 9.82. The monoisotopic (exact) mass is 188 g/mol. The molecule has 1 atom stereocenters. The van der Waals surface area contributed by atoms with Gasteiger partial charge in [-0.1, -0.05) is 0 Å². The molecule has 0 aliphatic heterocycles. The molecule has 0 aromatic heterocycles. The van der Waals surface area contributed by atoms with Gasteiger partial charge in [-0.05, 0) is 31.6 Å². The van der Waals surface area contributed by atoms with Crippen LogP contribution in [0.3, 0.4) is 0 Å². The molecule has 0 aromatic rings. The van der Waals surface area contributed by atoms with E-state index in [4.69, 9.17) is 16.4 Å². The van der Waals surface area contributed by atoms with Crippen molar-refractivity contribution < 1.29 is 9.78 Å². The number of hydrogen-bond acceptors (Lipinski definition) is 4. The van der Waals surface area contributed by atoms with Crippen LogP contribution in [0, 0.1) is 5.92 Å². The van der Waals surface area contributed by atoms with Gasteiger partial charge in [0, 0.05) is 12.1 Å². The molecule has 1 aliphatic rings. The third-order valence-electron chi connectivity index (χ3n) is 2.80. The molecule has 78 valence electrons. The lowest BCUT2D eigenvalue weighted by Gasteiger charge is -2.29. The number of nitrogens with two attached hydrogens (primary N) is 2. The molecule has 4 nitrogen and oxygen atoms in total. The summed E-state index contributed by atoms with van der Waals surface area (Å²) in [5.41, 5.74) is 11.7. The van der Waals surface area contributed by atoms with Crippen LogP contribution in [-0.4, -0.2) is 25.8 Å². The lowest BCUT2D eigenvalue weighted by molar-refractivity contribution is -0.276. The quantitative estimate of drug-likeness (QED) is 0.495. The van der Waals surface area contributed by atoms with Crippen molar-refractivity contribution in [3.63, 3.8) is 0 Å². The SMILES string of the molecule is COOCC(N)C1CCC(N)CC1. The minimum Gasteiger partial charge on any atom is -0.328 e. The van der Waals surface area contributed by atoms with Crippen molar-refractivity contribution in [3.8, 4) is 0 Å². The smallest absolute Gasteiger partial charge is 0.0975 e. The number of hydrogen-bond donors (Lipinski definition) is 2. The van der Waals surface area contributed by atoms with Gasteiger partial charge in [0.05, 0.1) is 13.7 Å². The van der Waals surface area contributed by atoms with Crippen molar-refractivity contribution in [1.82, 2.24) is 0 Å². The van der Waals surface area contributed by atoms with Gasteiger partial charge in [0.25, 0.3) is 0 Å². The lowest BCUT2D eigenvalue weighted by Crippen LogP contribution is -2.39. The minimum absolute atomic E-state index is 0.0902. The molecule has 0 heterocycles. The average molecular weight is 188 g/mol. The molecular weight excluding hydrogens is 168 g/mol. The normalized spacial score (nSPS) is 31.6. The first-order valence-electron chi connectivity index (χ1n) is 4.90. The number of rotatable bonds is 4. The molecule has 1 unspecified atom stereocenters. The maximum absolute atomic E-state index is 5.93. The zero-order chi connectivity index (χ0) is 9.68. The van der Waals surface area contributed by atoms with Gasteiger partial charge in [-0.3, -0.25) is 0 Å². The summed E-state index contributed by atoms with van der Waals surface area (Å²) in [5, 5.41) is 0. The van der Waals surface area contributed by atoms with Gasteiger partial charge in [-0.25, -0.2) is 9.78 Å². The van der Waals surface area contributed by atoms with Gasteiger partial charge in [0.1, 0.15) is 0 Å². The van der Waals surface area contributed by atoms with Crippen molar-refractivity contribution in [1.29, 1.82) is 0 Å². The van der Waals surface area contributed by atoms with Crippen LogP contribution in [0.5, 0.6) is 0 Å². The first-order valence-corrected chi connectivity index (χ1v) is 4.90. The van der Waals surface area contributed by atoms with E-state index in [9.17, 15) is 0 Å². The Kier molecular flexibility index (Phi) is 4.66. The van der Waals surface area contributed by atoms with E-state index in [-0.39, 0.29) is 6.04 Å². The Balaban J connectivity index is 2.19. The summed E-state index contributed by atoms with van der Waals surface area (Å²) >= 11 is 0. The highest BCUT2D eigenvalue weighted by Crippen LogP contribution is 2.25. The van der Waals surface area contributed by atoms with Crippen LogP contribution in [0.15, 0.2) is 0 Å². The molecule has 0 spiro atoms. The van der Waals surface area contributed by atoms with Crippen molar-refractivity contribution in [3.05, 3.63) is 0 Å². The molecular formula is C9H20N2O2. The molecule has 13 heavy (non-hydrogen) atoms. The maximum atomic E-state index is 5.93. The molecule has 0 aromatic carbocycles. The molecule has 1 saturated carbocycles. The van der Waals surface area contributed by atoms with Crippen LogP contribution in [0.2, 0.25) is 0 Å². The molecule has 1 fully saturated rings. The Morgan fingerprint density at radius 1 is 1.31 bits per heavy atom. The summed E-state index contributed by atoms with van der Waals surface area (Å²) in [6, 6.07) is 0.472. The predicted octanol–water partition coefficient (Wildman–Crippen LogP) is 0.409. The van der Waals surface area contributed by atoms with Gasteiger partial charge in [0.2, 0.25) is 0 Å². The molecule has 1 aliphatic carbocycles. The first kappa shape index (κ1) is 10.9.